The normalized spacial score (nSPS) is 13.7. The molecule has 0 spiro atoms. The van der Waals surface area contributed by atoms with Crippen molar-refractivity contribution in [1.29, 1.82) is 0 Å². The van der Waals surface area contributed by atoms with Gasteiger partial charge in [-0.2, -0.15) is 0 Å². The average molecular weight is 922 g/mol. The van der Waals surface area contributed by atoms with Crippen molar-refractivity contribution in [2.24, 2.45) is 11.8 Å². The van der Waals surface area contributed by atoms with E-state index in [1.54, 1.807) is 88.2 Å². The van der Waals surface area contributed by atoms with E-state index in [0.29, 0.717) is 59.5 Å². The van der Waals surface area contributed by atoms with Gasteiger partial charge < -0.3 is 28.7 Å². The maximum Gasteiger partial charge on any atom is 0.167 e. The highest BCUT2D eigenvalue weighted by Gasteiger charge is 2.35. The standard InChI is InChI=1S/C27H30N4O3.C26H29N3O3S/c1-18(2)27(5,23-12-11-21(16-30-23)33-17-25-28-13-6-14-29-25)20-9-7-19(8-10-20)22-15-24(31-34-22)26(3,4)32;1-17(2)26(5,22-11-10-20(15-28-22)31-16-24-27-12-13-33-24)19-8-6-18(7-9-19)21-14-23(29-32-21)25(3,4)30/h6-16,18,32H,17H2,1-5H3;6-15,17,30H,16H2,1-5H3. The van der Waals surface area contributed by atoms with Crippen molar-refractivity contribution in [2.45, 2.75) is 104 Å². The van der Waals surface area contributed by atoms with Gasteiger partial charge in [0.15, 0.2) is 17.3 Å². The lowest BCUT2D eigenvalue weighted by Crippen LogP contribution is -2.31. The van der Waals surface area contributed by atoms with Gasteiger partial charge in [0, 0.05) is 58.1 Å². The molecule has 0 radical (unpaired) electrons. The minimum absolute atomic E-state index is 0.286. The summed E-state index contributed by atoms with van der Waals surface area (Å²) in [5.74, 6) is 3.88. The largest absolute Gasteiger partial charge is 0.485 e. The quantitative estimate of drug-likeness (QED) is 0.0937. The van der Waals surface area contributed by atoms with E-state index in [4.69, 9.17) is 28.5 Å². The lowest BCUT2D eigenvalue weighted by Gasteiger charge is -2.34. The second-order valence-electron chi connectivity index (χ2n) is 18.6. The molecule has 0 saturated heterocycles. The first-order chi connectivity index (χ1) is 31.8. The molecule has 6 aromatic heterocycles. The molecular weight excluding hydrogens is 863 g/mol. The molecule has 6 heterocycles. The van der Waals surface area contributed by atoms with Crippen molar-refractivity contribution < 1.29 is 28.7 Å². The van der Waals surface area contributed by atoms with Crippen molar-refractivity contribution in [1.82, 2.24) is 35.2 Å². The third kappa shape index (κ3) is 11.2. The zero-order valence-corrected chi connectivity index (χ0v) is 40.6. The molecule has 0 saturated carbocycles. The smallest absolute Gasteiger partial charge is 0.167 e. The van der Waals surface area contributed by atoms with Gasteiger partial charge in [0.2, 0.25) is 0 Å². The second-order valence-corrected chi connectivity index (χ2v) is 19.5. The van der Waals surface area contributed by atoms with Gasteiger partial charge in [0.05, 0.1) is 23.8 Å². The number of pyridine rings is 2. The summed E-state index contributed by atoms with van der Waals surface area (Å²) in [7, 11) is 0. The molecule has 8 rings (SSSR count). The summed E-state index contributed by atoms with van der Waals surface area (Å²) in [5.41, 5.74) is 4.39. The first-order valence-electron chi connectivity index (χ1n) is 22.3. The van der Waals surface area contributed by atoms with Crippen molar-refractivity contribution in [3.8, 4) is 34.1 Å². The van der Waals surface area contributed by atoms with Crippen LogP contribution in [0.3, 0.4) is 0 Å². The highest BCUT2D eigenvalue weighted by molar-refractivity contribution is 7.09. The molecule has 0 bridgehead atoms. The topological polar surface area (TPSA) is 175 Å². The Morgan fingerprint density at radius 1 is 0.537 bits per heavy atom. The molecule has 0 aliphatic carbocycles. The van der Waals surface area contributed by atoms with E-state index in [0.717, 1.165) is 44.4 Å². The lowest BCUT2D eigenvalue weighted by molar-refractivity contribution is 0.0696. The van der Waals surface area contributed by atoms with Gasteiger partial charge in [-0.3, -0.25) is 9.97 Å². The van der Waals surface area contributed by atoms with Crippen molar-refractivity contribution in [3.63, 3.8) is 0 Å². The predicted molar refractivity (Wildman–Crippen MR) is 258 cm³/mol. The number of aromatic nitrogens is 7. The minimum atomic E-state index is -1.05. The molecule has 0 aliphatic rings. The van der Waals surface area contributed by atoms with Crippen LogP contribution in [0.25, 0.3) is 22.6 Å². The summed E-state index contributed by atoms with van der Waals surface area (Å²) in [6, 6.07) is 29.8. The van der Waals surface area contributed by atoms with Crippen LogP contribution in [0.15, 0.2) is 136 Å². The number of thiazole rings is 1. The molecule has 67 heavy (non-hydrogen) atoms. The van der Waals surface area contributed by atoms with E-state index in [1.165, 1.54) is 0 Å². The van der Waals surface area contributed by atoms with Crippen LogP contribution < -0.4 is 9.47 Å². The van der Waals surface area contributed by atoms with E-state index < -0.39 is 11.2 Å². The fourth-order valence-electron chi connectivity index (χ4n) is 7.48. The highest BCUT2D eigenvalue weighted by atomic mass is 32.1. The molecular formula is C53H59N7O6S. The summed E-state index contributed by atoms with van der Waals surface area (Å²) in [6.45, 7) is 20.7. The predicted octanol–water partition coefficient (Wildman–Crippen LogP) is 11.3. The third-order valence-electron chi connectivity index (χ3n) is 12.5. The number of nitrogens with zero attached hydrogens (tertiary/aromatic N) is 7. The maximum atomic E-state index is 10.2. The van der Waals surface area contributed by atoms with Gasteiger partial charge in [0.25, 0.3) is 0 Å². The zero-order chi connectivity index (χ0) is 48.0. The van der Waals surface area contributed by atoms with E-state index in [-0.39, 0.29) is 10.8 Å². The van der Waals surface area contributed by atoms with E-state index in [9.17, 15) is 10.2 Å². The van der Waals surface area contributed by atoms with Crippen molar-refractivity contribution in [2.75, 3.05) is 0 Å². The van der Waals surface area contributed by atoms with Gasteiger partial charge >= 0.3 is 0 Å². The maximum absolute atomic E-state index is 10.2. The Morgan fingerprint density at radius 2 is 0.985 bits per heavy atom. The SMILES string of the molecule is CC(C)C(C)(c1ccc(-c2cc(C(C)(C)O)no2)cc1)c1ccc(OCc2ncccn2)cn1.CC(C)C(C)(c1ccc(-c2cc(C(C)(C)O)no2)cc1)c1ccc(OCc2nccs2)cn1. The third-order valence-corrected chi connectivity index (χ3v) is 13.2. The Labute approximate surface area is 396 Å². The molecule has 8 aromatic rings. The number of benzene rings is 2. The Balaban J connectivity index is 0.000000199. The molecule has 2 N–H and O–H groups in total. The van der Waals surface area contributed by atoms with Crippen molar-refractivity contribution in [3.05, 3.63) is 172 Å². The summed E-state index contributed by atoms with van der Waals surface area (Å²) in [4.78, 5) is 22.1. The van der Waals surface area contributed by atoms with Gasteiger partial charge in [0.1, 0.15) is 52.3 Å². The van der Waals surface area contributed by atoms with Crippen LogP contribution in [-0.2, 0) is 35.2 Å². The first kappa shape index (κ1) is 48.3. The molecule has 14 heteroatoms. The fourth-order valence-corrected chi connectivity index (χ4v) is 8.01. The summed E-state index contributed by atoms with van der Waals surface area (Å²) in [6.07, 6.45) is 8.70. The summed E-state index contributed by atoms with van der Waals surface area (Å²) < 4.78 is 22.5. The molecule has 2 atom stereocenters. The van der Waals surface area contributed by atoms with E-state index >= 15 is 0 Å². The van der Waals surface area contributed by atoms with Crippen LogP contribution in [-0.4, -0.2) is 45.4 Å². The van der Waals surface area contributed by atoms with Crippen LogP contribution in [0, 0.1) is 11.8 Å². The Morgan fingerprint density at radius 3 is 1.34 bits per heavy atom. The number of rotatable bonds is 16. The minimum Gasteiger partial charge on any atom is -0.485 e. The Bertz CT molecular complexity index is 2780. The second kappa shape index (κ2) is 20.1. The zero-order valence-electron chi connectivity index (χ0n) is 39.8. The lowest BCUT2D eigenvalue weighted by atomic mass is 9.70. The molecule has 13 nitrogen and oxygen atoms in total. The van der Waals surface area contributed by atoms with Crippen LogP contribution in [0.5, 0.6) is 11.5 Å². The van der Waals surface area contributed by atoms with Gasteiger partial charge in [-0.15, -0.1) is 11.3 Å². The van der Waals surface area contributed by atoms with Crippen LogP contribution in [0.2, 0.25) is 0 Å². The molecule has 0 aliphatic heterocycles. The first-order valence-corrected chi connectivity index (χ1v) is 23.2. The number of hydrogen-bond donors (Lipinski definition) is 2. The number of aliphatic hydroxyl groups is 2. The summed E-state index contributed by atoms with van der Waals surface area (Å²) >= 11 is 1.57. The highest BCUT2D eigenvalue weighted by Crippen LogP contribution is 2.41. The van der Waals surface area contributed by atoms with Gasteiger partial charge in [-0.25, -0.2) is 15.0 Å². The van der Waals surface area contributed by atoms with Crippen LogP contribution in [0.1, 0.15) is 114 Å². The van der Waals surface area contributed by atoms with Gasteiger partial charge in [-0.1, -0.05) is 86.5 Å². The van der Waals surface area contributed by atoms with Crippen LogP contribution >= 0.6 is 11.3 Å². The summed E-state index contributed by atoms with van der Waals surface area (Å²) in [5, 5.41) is 31.2. The average Bonchev–Trinajstić information content (AvgIpc) is 4.15. The molecule has 2 aromatic carbocycles. The molecule has 0 amide bonds. The van der Waals surface area contributed by atoms with E-state index in [1.807, 2.05) is 53.9 Å². The Kier molecular flexibility index (Phi) is 14.5. The van der Waals surface area contributed by atoms with E-state index in [2.05, 4.69) is 91.1 Å². The fraction of sp³-hybridized carbons (Fsp3) is 0.340. The van der Waals surface area contributed by atoms with Crippen molar-refractivity contribution >= 4 is 11.3 Å². The molecule has 0 fully saturated rings. The Hall–Kier alpha value is -6.61. The van der Waals surface area contributed by atoms with Crippen LogP contribution in [0.4, 0.5) is 0 Å². The number of ether oxygens (including phenoxy) is 2. The molecule has 2 unspecified atom stereocenters. The van der Waals surface area contributed by atoms with Gasteiger partial charge in [-0.05, 0) is 94.8 Å². The number of hydrogen-bond acceptors (Lipinski definition) is 14. The molecule has 348 valence electrons. The monoisotopic (exact) mass is 921 g/mol.